The fourth-order valence-electron chi connectivity index (χ4n) is 2.48. The van der Waals surface area contributed by atoms with Gasteiger partial charge in [0.15, 0.2) is 0 Å². The van der Waals surface area contributed by atoms with Crippen LogP contribution in [0.25, 0.3) is 5.69 Å². The molecule has 2 heterocycles. The Labute approximate surface area is 136 Å². The molecule has 1 aliphatic carbocycles. The monoisotopic (exact) mass is 317 g/mol. The smallest absolute Gasteiger partial charge is 0.213 e. The molecule has 0 fully saturated rings. The van der Waals surface area contributed by atoms with Crippen LogP contribution in [0.2, 0.25) is 0 Å². The first-order valence-electron chi connectivity index (χ1n) is 7.18. The minimum absolute atomic E-state index is 0.135. The number of Topliss-reactive ketones (excluding diaryl/α,β-unsaturated/α-hetero) is 1. The number of aromatic nitrogens is 4. The van der Waals surface area contributed by atoms with E-state index in [0.717, 1.165) is 5.69 Å². The van der Waals surface area contributed by atoms with Gasteiger partial charge in [-0.15, -0.1) is 0 Å². The van der Waals surface area contributed by atoms with E-state index in [4.69, 9.17) is 0 Å². The highest BCUT2D eigenvalue weighted by Gasteiger charge is 2.27. The molecule has 7 nitrogen and oxygen atoms in total. The van der Waals surface area contributed by atoms with Crippen LogP contribution in [0, 0.1) is 0 Å². The molecule has 1 N–H and O–H groups in total. The number of nitrogens with one attached hydrogen (secondary N) is 1. The van der Waals surface area contributed by atoms with E-state index >= 15 is 0 Å². The predicted octanol–water partition coefficient (Wildman–Crippen LogP) is 2.04. The topological polar surface area (TPSA) is 89.8 Å². The number of imidazole rings is 1. The molecule has 0 aliphatic heterocycles. The van der Waals surface area contributed by atoms with Crippen LogP contribution in [0.4, 0.5) is 5.69 Å². The number of carbonyl (C=O) groups excluding carboxylic acids is 2. The lowest BCUT2D eigenvalue weighted by Crippen LogP contribution is -2.22. The van der Waals surface area contributed by atoms with Gasteiger partial charge in [0.05, 0.1) is 17.6 Å². The van der Waals surface area contributed by atoms with Gasteiger partial charge in [-0.3, -0.25) is 9.59 Å². The lowest BCUT2D eigenvalue weighted by atomic mass is 9.98. The molecule has 0 atom stereocenters. The first-order valence-corrected chi connectivity index (χ1v) is 7.18. The molecule has 1 aromatic carbocycles. The lowest BCUT2D eigenvalue weighted by Gasteiger charge is -2.15. The van der Waals surface area contributed by atoms with Crippen LogP contribution in [0.3, 0.4) is 0 Å². The molecule has 2 aromatic heterocycles. The van der Waals surface area contributed by atoms with E-state index in [1.807, 2.05) is 35.0 Å². The zero-order valence-electron chi connectivity index (χ0n) is 12.4. The van der Waals surface area contributed by atoms with Gasteiger partial charge in [-0.25, -0.2) is 15.0 Å². The van der Waals surface area contributed by atoms with Crippen molar-refractivity contribution in [3.63, 3.8) is 0 Å². The standard InChI is InChI=1S/C17H11N5O2/c23-15-7-14(17(24)13-8-19-9-20-16(13)15)21-11-1-3-12(4-2-11)22-6-5-18-10-22/h1-10,21H. The average molecular weight is 317 g/mol. The number of allylic oxidation sites excluding steroid dienone is 2. The number of fused-ring (bicyclic) bond motifs is 1. The summed E-state index contributed by atoms with van der Waals surface area (Å²) in [7, 11) is 0. The third kappa shape index (κ3) is 2.38. The summed E-state index contributed by atoms with van der Waals surface area (Å²) in [6, 6.07) is 7.42. The number of hydrogen-bond donors (Lipinski definition) is 1. The summed E-state index contributed by atoms with van der Waals surface area (Å²) in [6.07, 6.45) is 9.12. The van der Waals surface area contributed by atoms with E-state index < -0.39 is 0 Å². The fourth-order valence-corrected chi connectivity index (χ4v) is 2.48. The van der Waals surface area contributed by atoms with E-state index in [9.17, 15) is 9.59 Å². The van der Waals surface area contributed by atoms with Crippen LogP contribution in [0.15, 0.2) is 67.3 Å². The molecule has 116 valence electrons. The van der Waals surface area contributed by atoms with Crippen molar-refractivity contribution in [3.8, 4) is 5.69 Å². The average Bonchev–Trinajstić information content (AvgIpc) is 3.15. The second-order valence-corrected chi connectivity index (χ2v) is 5.18. The van der Waals surface area contributed by atoms with E-state index in [1.54, 1.807) is 12.5 Å². The third-order valence-corrected chi connectivity index (χ3v) is 3.66. The van der Waals surface area contributed by atoms with Crippen LogP contribution in [0.5, 0.6) is 0 Å². The van der Waals surface area contributed by atoms with Gasteiger partial charge in [0.2, 0.25) is 11.6 Å². The summed E-state index contributed by atoms with van der Waals surface area (Å²) in [5.41, 5.74) is 2.19. The van der Waals surface area contributed by atoms with E-state index in [0.29, 0.717) is 5.69 Å². The molecule has 0 amide bonds. The second-order valence-electron chi connectivity index (χ2n) is 5.18. The van der Waals surface area contributed by atoms with Gasteiger partial charge in [0.1, 0.15) is 12.0 Å². The molecule has 4 rings (SSSR count). The van der Waals surface area contributed by atoms with Gasteiger partial charge >= 0.3 is 0 Å². The maximum Gasteiger partial charge on any atom is 0.213 e. The van der Waals surface area contributed by atoms with Crippen molar-refractivity contribution in [2.24, 2.45) is 0 Å². The van der Waals surface area contributed by atoms with Crippen LogP contribution in [-0.2, 0) is 0 Å². The van der Waals surface area contributed by atoms with E-state index in [2.05, 4.69) is 20.3 Å². The van der Waals surface area contributed by atoms with Crippen molar-refractivity contribution < 1.29 is 9.59 Å². The summed E-state index contributed by atoms with van der Waals surface area (Å²) < 4.78 is 1.87. The van der Waals surface area contributed by atoms with E-state index in [1.165, 1.54) is 18.6 Å². The highest BCUT2D eigenvalue weighted by molar-refractivity contribution is 6.24. The van der Waals surface area contributed by atoms with Crippen LogP contribution >= 0.6 is 0 Å². The molecule has 0 spiro atoms. The molecule has 0 bridgehead atoms. The van der Waals surface area contributed by atoms with Gasteiger partial charge in [-0.1, -0.05) is 0 Å². The summed E-state index contributed by atoms with van der Waals surface area (Å²) in [4.78, 5) is 36.2. The highest BCUT2D eigenvalue weighted by Crippen LogP contribution is 2.21. The number of ketones is 2. The normalized spacial score (nSPS) is 13.4. The Morgan fingerprint density at radius 1 is 1.04 bits per heavy atom. The molecule has 1 aliphatic rings. The molecule has 0 saturated carbocycles. The van der Waals surface area contributed by atoms with Crippen molar-refractivity contribution in [2.75, 3.05) is 5.32 Å². The SMILES string of the molecule is O=C1C(Nc2ccc(-n3ccnc3)cc2)=CC(=O)c2ncncc21. The van der Waals surface area contributed by atoms with Crippen molar-refractivity contribution in [2.45, 2.75) is 0 Å². The number of benzene rings is 1. The number of anilines is 1. The summed E-state index contributed by atoms with van der Waals surface area (Å²) in [6.45, 7) is 0. The highest BCUT2D eigenvalue weighted by atomic mass is 16.1. The zero-order chi connectivity index (χ0) is 16.5. The maximum absolute atomic E-state index is 12.4. The Morgan fingerprint density at radius 3 is 2.62 bits per heavy atom. The largest absolute Gasteiger partial charge is 0.352 e. The van der Waals surface area contributed by atoms with Gasteiger partial charge in [-0.2, -0.15) is 0 Å². The molecule has 0 radical (unpaired) electrons. The number of nitrogens with zero attached hydrogens (tertiary/aromatic N) is 4. The van der Waals surface area contributed by atoms with Crippen molar-refractivity contribution in [1.82, 2.24) is 19.5 Å². The van der Waals surface area contributed by atoms with E-state index in [-0.39, 0.29) is 28.5 Å². The van der Waals surface area contributed by atoms with Gasteiger partial charge in [0.25, 0.3) is 0 Å². The van der Waals surface area contributed by atoms with Gasteiger partial charge < -0.3 is 9.88 Å². The zero-order valence-corrected chi connectivity index (χ0v) is 12.4. The molecular formula is C17H11N5O2. The summed E-state index contributed by atoms with van der Waals surface area (Å²) in [5.74, 6) is -0.617. The first-order chi connectivity index (χ1) is 11.7. The Hall–Kier alpha value is -3.61. The number of carbonyl (C=O) groups is 2. The molecular weight excluding hydrogens is 306 g/mol. The first kappa shape index (κ1) is 14.0. The molecule has 0 saturated heterocycles. The summed E-state index contributed by atoms with van der Waals surface area (Å²) in [5, 5.41) is 2.98. The third-order valence-electron chi connectivity index (χ3n) is 3.66. The molecule has 7 heteroatoms. The fraction of sp³-hybridized carbons (Fsp3) is 0. The van der Waals surface area contributed by atoms with Crippen molar-refractivity contribution in [3.05, 3.63) is 78.5 Å². The Morgan fingerprint density at radius 2 is 1.88 bits per heavy atom. The van der Waals surface area contributed by atoms with Gasteiger partial charge in [-0.05, 0) is 24.3 Å². The second kappa shape index (κ2) is 5.54. The van der Waals surface area contributed by atoms with Crippen LogP contribution in [0.1, 0.15) is 20.8 Å². The van der Waals surface area contributed by atoms with Crippen LogP contribution < -0.4 is 5.32 Å². The predicted molar refractivity (Wildman–Crippen MR) is 86.0 cm³/mol. The minimum atomic E-state index is -0.315. The Kier molecular flexibility index (Phi) is 3.24. The van der Waals surface area contributed by atoms with Crippen molar-refractivity contribution >= 4 is 17.3 Å². The molecule has 0 unspecified atom stereocenters. The maximum atomic E-state index is 12.4. The minimum Gasteiger partial charge on any atom is -0.352 e. The quantitative estimate of drug-likeness (QED) is 0.795. The van der Waals surface area contributed by atoms with Crippen LogP contribution in [-0.4, -0.2) is 31.1 Å². The number of rotatable bonds is 3. The Bertz CT molecular complexity index is 959. The van der Waals surface area contributed by atoms with Gasteiger partial charge in [0, 0.05) is 36.0 Å². The molecule has 24 heavy (non-hydrogen) atoms. The van der Waals surface area contributed by atoms with Crippen molar-refractivity contribution in [1.29, 1.82) is 0 Å². The molecule has 3 aromatic rings. The summed E-state index contributed by atoms with van der Waals surface area (Å²) >= 11 is 0. The lowest BCUT2D eigenvalue weighted by molar-refractivity contribution is 0.0981. The Balaban J connectivity index is 1.60. The number of hydrogen-bond acceptors (Lipinski definition) is 6.